The number of hydrogen-bond donors (Lipinski definition) is 1. The molecule has 0 aliphatic carbocycles. The van der Waals surface area contributed by atoms with Crippen LogP contribution in [0.5, 0.6) is 6.01 Å². The van der Waals surface area contributed by atoms with Gasteiger partial charge in [-0.05, 0) is 17.5 Å². The Morgan fingerprint density at radius 1 is 0.750 bits per heavy atom. The number of fused-ring (bicyclic) bond motifs is 5. The number of para-hydroxylation sites is 1. The van der Waals surface area contributed by atoms with Crippen molar-refractivity contribution in [3.8, 4) is 28.8 Å². The summed E-state index contributed by atoms with van der Waals surface area (Å²) in [5.41, 5.74) is 3.17. The second kappa shape index (κ2) is 7.48. The lowest BCUT2D eigenvalue weighted by atomic mass is 9.99. The topological polar surface area (TPSA) is 81.3 Å². The molecular formula is C25H15BN3O3. The summed E-state index contributed by atoms with van der Waals surface area (Å²) in [6.45, 7) is 0. The van der Waals surface area contributed by atoms with Gasteiger partial charge in [-0.25, -0.2) is 4.98 Å². The molecule has 0 bridgehead atoms. The van der Waals surface area contributed by atoms with Crippen molar-refractivity contribution in [1.29, 1.82) is 0 Å². The third-order valence-electron chi connectivity index (χ3n) is 5.42. The maximum atomic E-state index is 9.20. The van der Waals surface area contributed by atoms with E-state index in [2.05, 4.69) is 16.0 Å². The maximum Gasteiger partial charge on any atom is 0.571 e. The molecule has 0 amide bonds. The molecule has 0 saturated heterocycles. The van der Waals surface area contributed by atoms with E-state index in [0.29, 0.717) is 19.3 Å². The minimum Gasteiger partial charge on any atom is -0.508 e. The first-order valence-electron chi connectivity index (χ1n) is 10.1. The standard InChI is InChI=1S/C25H15BN3O3/c30-26-32-25-28-23(15-8-2-1-3-9-15)27-24(29-25)19-14-16-10-4-5-11-17(16)22-21(19)18-12-6-7-13-20(18)31-22/h1-14,30H. The van der Waals surface area contributed by atoms with Crippen LogP contribution in [0.1, 0.15) is 0 Å². The SMILES string of the molecule is O[B]Oc1nc(-c2ccccc2)nc(-c2cc3ccccc3c3oc4ccccc4c23)n1. The minimum absolute atomic E-state index is 0.00506. The molecule has 6 aromatic rings. The Hall–Kier alpha value is -4.23. The zero-order chi connectivity index (χ0) is 21.5. The molecule has 0 fully saturated rings. The fourth-order valence-corrected chi connectivity index (χ4v) is 4.03. The molecule has 1 N–H and O–H groups in total. The summed E-state index contributed by atoms with van der Waals surface area (Å²) in [6.07, 6.45) is 0. The van der Waals surface area contributed by atoms with Gasteiger partial charge in [0.25, 0.3) is 0 Å². The number of aromatic nitrogens is 3. The maximum absolute atomic E-state index is 9.20. The van der Waals surface area contributed by atoms with E-state index in [-0.39, 0.29) is 6.01 Å². The van der Waals surface area contributed by atoms with Crippen LogP contribution in [0.2, 0.25) is 0 Å². The normalized spacial score (nSPS) is 11.3. The van der Waals surface area contributed by atoms with Gasteiger partial charge in [0.05, 0.1) is 0 Å². The number of nitrogens with zero attached hydrogens (tertiary/aromatic N) is 3. The molecule has 7 heteroatoms. The van der Waals surface area contributed by atoms with Crippen molar-refractivity contribution in [2.45, 2.75) is 0 Å². The monoisotopic (exact) mass is 416 g/mol. The van der Waals surface area contributed by atoms with Crippen LogP contribution in [-0.2, 0) is 0 Å². The van der Waals surface area contributed by atoms with E-state index in [4.69, 9.17) is 14.1 Å². The Labute approximate surface area is 183 Å². The van der Waals surface area contributed by atoms with E-state index in [1.165, 1.54) is 0 Å². The third-order valence-corrected chi connectivity index (χ3v) is 5.42. The Bertz CT molecular complexity index is 1600. The Morgan fingerprint density at radius 2 is 1.47 bits per heavy atom. The molecule has 0 spiro atoms. The van der Waals surface area contributed by atoms with Crippen molar-refractivity contribution in [1.82, 2.24) is 15.0 Å². The quantitative estimate of drug-likeness (QED) is 0.400. The van der Waals surface area contributed by atoms with Gasteiger partial charge in [0.15, 0.2) is 11.6 Å². The molecule has 0 saturated carbocycles. The Balaban J connectivity index is 1.71. The van der Waals surface area contributed by atoms with Crippen LogP contribution in [0.4, 0.5) is 0 Å². The highest BCUT2D eigenvalue weighted by Gasteiger charge is 2.19. The van der Waals surface area contributed by atoms with Gasteiger partial charge in [0, 0.05) is 27.3 Å². The lowest BCUT2D eigenvalue weighted by Crippen LogP contribution is -2.07. The third kappa shape index (κ3) is 2.99. The fraction of sp³-hybridized carbons (Fsp3) is 0. The summed E-state index contributed by atoms with van der Waals surface area (Å²) in [5, 5.41) is 13.1. The molecular weight excluding hydrogens is 401 g/mol. The molecule has 0 aliphatic heterocycles. The van der Waals surface area contributed by atoms with E-state index < -0.39 is 0 Å². The molecule has 6 rings (SSSR count). The highest BCUT2D eigenvalue weighted by molar-refractivity contribution is 6.20. The van der Waals surface area contributed by atoms with E-state index in [9.17, 15) is 5.02 Å². The summed E-state index contributed by atoms with van der Waals surface area (Å²) in [7, 11) is 0.567. The van der Waals surface area contributed by atoms with Gasteiger partial charge in [0.2, 0.25) is 0 Å². The average molecular weight is 416 g/mol. The van der Waals surface area contributed by atoms with E-state index >= 15 is 0 Å². The van der Waals surface area contributed by atoms with Gasteiger partial charge < -0.3 is 14.1 Å². The summed E-state index contributed by atoms with van der Waals surface area (Å²) >= 11 is 0. The first-order chi connectivity index (χ1) is 15.8. The smallest absolute Gasteiger partial charge is 0.508 e. The molecule has 0 unspecified atom stereocenters. The van der Waals surface area contributed by atoms with Gasteiger partial charge in [-0.15, -0.1) is 0 Å². The lowest BCUT2D eigenvalue weighted by Gasteiger charge is -2.10. The predicted molar refractivity (Wildman–Crippen MR) is 124 cm³/mol. The van der Waals surface area contributed by atoms with Crippen LogP contribution in [0.25, 0.3) is 55.5 Å². The second-order valence-electron chi connectivity index (χ2n) is 7.30. The predicted octanol–water partition coefficient (Wildman–Crippen LogP) is 5.16. The van der Waals surface area contributed by atoms with Gasteiger partial charge in [-0.3, -0.25) is 0 Å². The molecule has 2 heterocycles. The molecule has 2 aromatic heterocycles. The molecule has 6 nitrogen and oxygen atoms in total. The van der Waals surface area contributed by atoms with Crippen molar-refractivity contribution >= 4 is 40.4 Å². The van der Waals surface area contributed by atoms with Crippen LogP contribution < -0.4 is 4.65 Å². The minimum atomic E-state index is 0.00506. The van der Waals surface area contributed by atoms with Gasteiger partial charge in [0.1, 0.15) is 11.2 Å². The van der Waals surface area contributed by atoms with Crippen molar-refractivity contribution in [3.63, 3.8) is 0 Å². The zero-order valence-corrected chi connectivity index (χ0v) is 16.8. The van der Waals surface area contributed by atoms with Gasteiger partial charge >= 0.3 is 13.7 Å². The van der Waals surface area contributed by atoms with Crippen LogP contribution in [0.3, 0.4) is 0 Å². The summed E-state index contributed by atoms with van der Waals surface area (Å²) in [5.74, 6) is 0.875. The van der Waals surface area contributed by atoms with Gasteiger partial charge in [-0.2, -0.15) is 9.97 Å². The fourth-order valence-electron chi connectivity index (χ4n) is 4.03. The van der Waals surface area contributed by atoms with Crippen LogP contribution in [0.15, 0.2) is 89.3 Å². The zero-order valence-electron chi connectivity index (χ0n) is 16.8. The number of furan rings is 1. The Morgan fingerprint density at radius 3 is 2.31 bits per heavy atom. The Kier molecular flexibility index (Phi) is 4.33. The number of rotatable bonds is 4. The van der Waals surface area contributed by atoms with Crippen molar-refractivity contribution in [2.75, 3.05) is 0 Å². The van der Waals surface area contributed by atoms with Gasteiger partial charge in [-0.1, -0.05) is 72.8 Å². The first-order valence-corrected chi connectivity index (χ1v) is 10.1. The van der Waals surface area contributed by atoms with E-state index in [1.807, 2.05) is 78.9 Å². The van der Waals surface area contributed by atoms with Crippen LogP contribution in [0, 0.1) is 0 Å². The molecule has 151 valence electrons. The molecule has 0 aliphatic rings. The highest BCUT2D eigenvalue weighted by Crippen LogP contribution is 2.40. The van der Waals surface area contributed by atoms with Crippen molar-refractivity contribution in [3.05, 3.63) is 84.9 Å². The van der Waals surface area contributed by atoms with Crippen LogP contribution in [-0.4, -0.2) is 27.7 Å². The summed E-state index contributed by atoms with van der Waals surface area (Å²) in [4.78, 5) is 13.6. The first kappa shape index (κ1) is 18.5. The summed E-state index contributed by atoms with van der Waals surface area (Å²) in [6, 6.07) is 27.6. The molecule has 32 heavy (non-hydrogen) atoms. The van der Waals surface area contributed by atoms with Crippen molar-refractivity contribution in [2.24, 2.45) is 0 Å². The molecule has 1 radical (unpaired) electrons. The molecule has 0 atom stereocenters. The van der Waals surface area contributed by atoms with E-state index in [0.717, 1.165) is 43.8 Å². The second-order valence-corrected chi connectivity index (χ2v) is 7.30. The molecule has 4 aromatic carbocycles. The van der Waals surface area contributed by atoms with Crippen LogP contribution >= 0.6 is 0 Å². The largest absolute Gasteiger partial charge is 0.571 e. The number of benzene rings is 4. The van der Waals surface area contributed by atoms with E-state index in [1.54, 1.807) is 0 Å². The summed E-state index contributed by atoms with van der Waals surface area (Å²) < 4.78 is 11.4. The highest BCUT2D eigenvalue weighted by atomic mass is 16.5. The van der Waals surface area contributed by atoms with Crippen molar-refractivity contribution < 1.29 is 14.1 Å². The lowest BCUT2D eigenvalue weighted by molar-refractivity contribution is 0.430. The number of hydrogen-bond acceptors (Lipinski definition) is 6. The average Bonchev–Trinajstić information content (AvgIpc) is 3.24.